The van der Waals surface area contributed by atoms with Crippen molar-refractivity contribution in [3.05, 3.63) is 94.4 Å². The van der Waals surface area contributed by atoms with Crippen LogP contribution in [0.5, 0.6) is 0 Å². The van der Waals surface area contributed by atoms with E-state index in [-0.39, 0.29) is 11.1 Å². The number of fused-ring (bicyclic) bond motifs is 1. The maximum absolute atomic E-state index is 13.1. The van der Waals surface area contributed by atoms with E-state index in [2.05, 4.69) is 4.98 Å². The summed E-state index contributed by atoms with van der Waals surface area (Å²) in [6.07, 6.45) is 6.67. The Balaban J connectivity index is 1.93. The maximum atomic E-state index is 13.1. The first-order valence-corrected chi connectivity index (χ1v) is 8.19. The van der Waals surface area contributed by atoms with E-state index in [1.54, 1.807) is 61.1 Å². The third kappa shape index (κ3) is 3.16. The van der Waals surface area contributed by atoms with Gasteiger partial charge in [0.2, 0.25) is 0 Å². The van der Waals surface area contributed by atoms with Gasteiger partial charge < -0.3 is 9.52 Å². The van der Waals surface area contributed by atoms with Crippen LogP contribution in [0.25, 0.3) is 28.7 Å². The SMILES string of the molecule is O=C(O)c1ccc(-n2c(/C=C\c3ccoc3)nc3ccccc3c2=O)cc1. The number of hydrogen-bond acceptors (Lipinski definition) is 4. The third-order valence-electron chi connectivity index (χ3n) is 4.14. The average Bonchev–Trinajstić information content (AvgIpc) is 3.20. The van der Waals surface area contributed by atoms with Gasteiger partial charge in [-0.15, -0.1) is 0 Å². The summed E-state index contributed by atoms with van der Waals surface area (Å²) in [5.41, 5.74) is 1.89. The van der Waals surface area contributed by atoms with E-state index < -0.39 is 5.97 Å². The smallest absolute Gasteiger partial charge is 0.335 e. The number of rotatable bonds is 4. The van der Waals surface area contributed by atoms with Crippen LogP contribution in [0, 0.1) is 0 Å². The normalized spacial score (nSPS) is 11.3. The summed E-state index contributed by atoms with van der Waals surface area (Å²) in [7, 11) is 0. The number of benzene rings is 2. The molecule has 0 bridgehead atoms. The number of aromatic carboxylic acids is 1. The molecule has 6 nitrogen and oxygen atoms in total. The molecule has 0 atom stereocenters. The van der Waals surface area contributed by atoms with Gasteiger partial charge in [0.25, 0.3) is 5.56 Å². The van der Waals surface area contributed by atoms with Crippen LogP contribution in [-0.2, 0) is 0 Å². The summed E-state index contributed by atoms with van der Waals surface area (Å²) in [5.74, 6) is -0.589. The van der Waals surface area contributed by atoms with Crippen molar-refractivity contribution in [1.82, 2.24) is 9.55 Å². The largest absolute Gasteiger partial charge is 0.478 e. The van der Waals surface area contributed by atoms with Gasteiger partial charge in [0, 0.05) is 5.56 Å². The van der Waals surface area contributed by atoms with Crippen molar-refractivity contribution in [2.75, 3.05) is 0 Å². The lowest BCUT2D eigenvalue weighted by Crippen LogP contribution is -2.22. The number of carbonyl (C=O) groups is 1. The van der Waals surface area contributed by atoms with Gasteiger partial charge in [-0.05, 0) is 54.6 Å². The van der Waals surface area contributed by atoms with Gasteiger partial charge in [-0.1, -0.05) is 12.1 Å². The molecule has 2 heterocycles. The first-order chi connectivity index (χ1) is 13.1. The van der Waals surface area contributed by atoms with Crippen molar-refractivity contribution < 1.29 is 14.3 Å². The first-order valence-electron chi connectivity index (χ1n) is 8.19. The van der Waals surface area contributed by atoms with Gasteiger partial charge in [-0.3, -0.25) is 9.36 Å². The second-order valence-electron chi connectivity index (χ2n) is 5.87. The fourth-order valence-corrected chi connectivity index (χ4v) is 2.80. The minimum atomic E-state index is -1.02. The molecule has 0 unspecified atom stereocenters. The van der Waals surface area contributed by atoms with Gasteiger partial charge in [0.05, 0.1) is 34.7 Å². The Morgan fingerprint density at radius 2 is 1.81 bits per heavy atom. The van der Waals surface area contributed by atoms with Crippen molar-refractivity contribution in [2.24, 2.45) is 0 Å². The fraction of sp³-hybridized carbons (Fsp3) is 0. The van der Waals surface area contributed by atoms with E-state index in [0.29, 0.717) is 22.4 Å². The van der Waals surface area contributed by atoms with Gasteiger partial charge in [-0.25, -0.2) is 9.78 Å². The lowest BCUT2D eigenvalue weighted by atomic mass is 10.2. The number of carboxylic acids is 1. The van der Waals surface area contributed by atoms with Crippen LogP contribution >= 0.6 is 0 Å². The zero-order chi connectivity index (χ0) is 18.8. The minimum absolute atomic E-state index is 0.149. The number of para-hydroxylation sites is 1. The molecule has 2 aromatic heterocycles. The highest BCUT2D eigenvalue weighted by molar-refractivity contribution is 5.88. The Hall–Kier alpha value is -3.93. The fourth-order valence-electron chi connectivity index (χ4n) is 2.80. The first kappa shape index (κ1) is 16.5. The molecule has 132 valence electrons. The van der Waals surface area contributed by atoms with Crippen molar-refractivity contribution in [3.63, 3.8) is 0 Å². The molecule has 0 aliphatic rings. The zero-order valence-electron chi connectivity index (χ0n) is 14.1. The number of carboxylic acid groups (broad SMARTS) is 1. The molecule has 0 aliphatic carbocycles. The minimum Gasteiger partial charge on any atom is -0.478 e. The van der Waals surface area contributed by atoms with Crippen LogP contribution in [-0.4, -0.2) is 20.6 Å². The lowest BCUT2D eigenvalue weighted by Gasteiger charge is -2.11. The Morgan fingerprint density at radius 1 is 1.04 bits per heavy atom. The summed E-state index contributed by atoms with van der Waals surface area (Å²) in [5, 5.41) is 9.57. The van der Waals surface area contributed by atoms with E-state index in [4.69, 9.17) is 9.52 Å². The molecular weight excluding hydrogens is 344 g/mol. The predicted octanol–water partition coefficient (Wildman–Crippen LogP) is 3.85. The number of aromatic nitrogens is 2. The van der Waals surface area contributed by atoms with Gasteiger partial charge in [0.1, 0.15) is 5.82 Å². The predicted molar refractivity (Wildman–Crippen MR) is 102 cm³/mol. The molecule has 2 aromatic carbocycles. The lowest BCUT2D eigenvalue weighted by molar-refractivity contribution is 0.0697. The summed E-state index contributed by atoms with van der Waals surface area (Å²) < 4.78 is 6.51. The average molecular weight is 358 g/mol. The number of nitrogens with zero attached hydrogens (tertiary/aromatic N) is 2. The van der Waals surface area contributed by atoms with E-state index in [1.165, 1.54) is 16.7 Å². The molecule has 4 rings (SSSR count). The Labute approximate surface area is 153 Å². The molecule has 0 aliphatic heterocycles. The van der Waals surface area contributed by atoms with Crippen LogP contribution in [0.15, 0.2) is 76.3 Å². The van der Waals surface area contributed by atoms with E-state index in [9.17, 15) is 9.59 Å². The van der Waals surface area contributed by atoms with E-state index in [1.807, 2.05) is 6.07 Å². The summed E-state index contributed by atoms with van der Waals surface area (Å²) in [6.45, 7) is 0. The molecule has 0 fully saturated rings. The van der Waals surface area contributed by atoms with Gasteiger partial charge in [0.15, 0.2) is 0 Å². The molecular formula is C21H14N2O4. The quantitative estimate of drug-likeness (QED) is 0.599. The zero-order valence-corrected chi connectivity index (χ0v) is 14.1. The van der Waals surface area contributed by atoms with Gasteiger partial charge in [-0.2, -0.15) is 0 Å². The van der Waals surface area contributed by atoms with Crippen LogP contribution in [0.4, 0.5) is 0 Å². The van der Waals surface area contributed by atoms with Crippen LogP contribution < -0.4 is 5.56 Å². The highest BCUT2D eigenvalue weighted by Crippen LogP contribution is 2.16. The summed E-state index contributed by atoms with van der Waals surface area (Å²) in [4.78, 5) is 28.8. The highest BCUT2D eigenvalue weighted by atomic mass is 16.4. The summed E-state index contributed by atoms with van der Waals surface area (Å²) >= 11 is 0. The third-order valence-corrected chi connectivity index (χ3v) is 4.14. The molecule has 0 saturated carbocycles. The maximum Gasteiger partial charge on any atom is 0.335 e. The molecule has 0 amide bonds. The molecule has 27 heavy (non-hydrogen) atoms. The number of furan rings is 1. The molecule has 4 aromatic rings. The van der Waals surface area contributed by atoms with E-state index in [0.717, 1.165) is 5.56 Å². The molecule has 6 heteroatoms. The van der Waals surface area contributed by atoms with Crippen LogP contribution in [0.1, 0.15) is 21.7 Å². The molecule has 0 saturated heterocycles. The Bertz CT molecular complexity index is 1200. The van der Waals surface area contributed by atoms with E-state index >= 15 is 0 Å². The van der Waals surface area contributed by atoms with Crippen LogP contribution in [0.3, 0.4) is 0 Å². The monoisotopic (exact) mass is 358 g/mol. The Morgan fingerprint density at radius 3 is 2.52 bits per heavy atom. The molecule has 1 N–H and O–H groups in total. The second kappa shape index (κ2) is 6.76. The van der Waals surface area contributed by atoms with Gasteiger partial charge >= 0.3 is 5.97 Å². The molecule has 0 spiro atoms. The highest BCUT2D eigenvalue weighted by Gasteiger charge is 2.12. The Kier molecular flexibility index (Phi) is 4.14. The standard InChI is InChI=1S/C21H14N2O4/c24-20-17-3-1-2-4-18(17)22-19(10-5-14-11-12-27-13-14)23(20)16-8-6-15(7-9-16)21(25)26/h1-13H,(H,25,26)/b10-5-. The number of hydrogen-bond donors (Lipinski definition) is 1. The van der Waals surface area contributed by atoms with Crippen LogP contribution in [0.2, 0.25) is 0 Å². The second-order valence-corrected chi connectivity index (χ2v) is 5.87. The summed E-state index contributed by atoms with van der Waals surface area (Å²) in [6, 6.07) is 15.0. The van der Waals surface area contributed by atoms with Crippen molar-refractivity contribution in [2.45, 2.75) is 0 Å². The van der Waals surface area contributed by atoms with Crippen molar-refractivity contribution in [1.29, 1.82) is 0 Å². The molecule has 0 radical (unpaired) electrons. The van der Waals surface area contributed by atoms with Crippen molar-refractivity contribution >= 4 is 29.0 Å². The topological polar surface area (TPSA) is 85.3 Å². The van der Waals surface area contributed by atoms with Crippen molar-refractivity contribution in [3.8, 4) is 5.69 Å².